The Kier molecular flexibility index (Phi) is 5.11. The van der Waals surface area contributed by atoms with Gasteiger partial charge < -0.3 is 15.5 Å². The lowest BCUT2D eigenvalue weighted by Crippen LogP contribution is -2.33. The third-order valence-electron chi connectivity index (χ3n) is 3.39. The van der Waals surface area contributed by atoms with Gasteiger partial charge >= 0.3 is 0 Å². The van der Waals surface area contributed by atoms with Crippen molar-refractivity contribution in [2.45, 2.75) is 32.7 Å². The normalized spacial score (nSPS) is 17.2. The van der Waals surface area contributed by atoms with Crippen molar-refractivity contribution in [3.63, 3.8) is 0 Å². The van der Waals surface area contributed by atoms with Crippen LogP contribution in [0.5, 0.6) is 0 Å². The summed E-state index contributed by atoms with van der Waals surface area (Å²) in [6.07, 6.45) is 2.45. The molecule has 1 unspecified atom stereocenters. The van der Waals surface area contributed by atoms with E-state index in [0.717, 1.165) is 25.7 Å². The van der Waals surface area contributed by atoms with Crippen LogP contribution in [-0.2, 0) is 0 Å². The number of rotatable bonds is 6. The summed E-state index contributed by atoms with van der Waals surface area (Å²) in [7, 11) is 0. The fourth-order valence-electron chi connectivity index (χ4n) is 2.49. The molecular weight excluding hydrogens is 262 g/mol. The highest BCUT2D eigenvalue weighted by Crippen LogP contribution is 2.20. The van der Waals surface area contributed by atoms with E-state index in [1.54, 1.807) is 0 Å². The molecule has 0 aliphatic carbocycles. The van der Waals surface area contributed by atoms with Crippen LogP contribution in [0.2, 0.25) is 0 Å². The number of hydrogen-bond acceptors (Lipinski definition) is 4. The summed E-state index contributed by atoms with van der Waals surface area (Å²) in [4.78, 5) is 6.32. The Labute approximate surface area is 118 Å². The molecule has 20 heavy (non-hydrogen) atoms. The van der Waals surface area contributed by atoms with Crippen LogP contribution < -0.4 is 10.6 Å². The van der Waals surface area contributed by atoms with Crippen molar-refractivity contribution in [3.8, 4) is 0 Å². The fourth-order valence-corrected chi connectivity index (χ4v) is 2.49. The summed E-state index contributed by atoms with van der Waals surface area (Å²) < 4.78 is 27.2. The van der Waals surface area contributed by atoms with Crippen LogP contribution in [0.4, 0.5) is 20.4 Å². The summed E-state index contributed by atoms with van der Waals surface area (Å²) in [5.74, 6) is -1.13. The number of halogens is 2. The molecule has 0 saturated carbocycles. The molecule has 1 aromatic heterocycles. The maximum absolute atomic E-state index is 13.7. The molecule has 2 heterocycles. The molecule has 1 aliphatic rings. The minimum absolute atomic E-state index is 0.0648. The zero-order chi connectivity index (χ0) is 14.5. The minimum atomic E-state index is -0.665. The van der Waals surface area contributed by atoms with Crippen LogP contribution in [0.15, 0.2) is 6.07 Å². The molecule has 112 valence electrons. The van der Waals surface area contributed by atoms with E-state index < -0.39 is 11.6 Å². The first-order valence-corrected chi connectivity index (χ1v) is 7.19. The monoisotopic (exact) mass is 284 g/mol. The Morgan fingerprint density at radius 2 is 1.90 bits per heavy atom. The molecule has 2 rings (SSSR count). The highest BCUT2D eigenvalue weighted by Gasteiger charge is 2.17. The molecule has 0 amide bonds. The Hall–Kier alpha value is -1.43. The van der Waals surface area contributed by atoms with E-state index in [9.17, 15) is 8.78 Å². The molecule has 0 radical (unpaired) electrons. The average molecular weight is 284 g/mol. The van der Waals surface area contributed by atoms with Gasteiger partial charge in [0.1, 0.15) is 0 Å². The van der Waals surface area contributed by atoms with Crippen LogP contribution in [0.3, 0.4) is 0 Å². The zero-order valence-electron chi connectivity index (χ0n) is 12.0. The van der Waals surface area contributed by atoms with Gasteiger partial charge in [0, 0.05) is 25.2 Å². The first kappa shape index (κ1) is 15.0. The van der Waals surface area contributed by atoms with Gasteiger partial charge in [0.05, 0.1) is 0 Å². The van der Waals surface area contributed by atoms with E-state index in [0.29, 0.717) is 6.54 Å². The maximum atomic E-state index is 13.7. The summed E-state index contributed by atoms with van der Waals surface area (Å²) >= 11 is 0. The quantitative estimate of drug-likeness (QED) is 0.842. The molecular formula is C14H22F2N4. The molecule has 2 N–H and O–H groups in total. The van der Waals surface area contributed by atoms with Gasteiger partial charge in [-0.15, -0.1) is 0 Å². The van der Waals surface area contributed by atoms with Crippen molar-refractivity contribution in [2.24, 2.45) is 0 Å². The summed E-state index contributed by atoms with van der Waals surface area (Å²) in [6, 6.07) is 0.936. The second-order valence-electron chi connectivity index (χ2n) is 5.23. The Bertz CT molecular complexity index is 447. The zero-order valence-corrected chi connectivity index (χ0v) is 12.0. The lowest BCUT2D eigenvalue weighted by molar-refractivity contribution is 0.327. The first-order valence-electron chi connectivity index (χ1n) is 7.19. The van der Waals surface area contributed by atoms with Gasteiger partial charge in [-0.25, -0.2) is 13.8 Å². The summed E-state index contributed by atoms with van der Waals surface area (Å²) in [5, 5.41) is 5.82. The number of likely N-dealkylation sites (tertiary alicyclic amines) is 1. The van der Waals surface area contributed by atoms with Crippen molar-refractivity contribution in [1.29, 1.82) is 0 Å². The number of nitrogens with zero attached hydrogens (tertiary/aromatic N) is 2. The van der Waals surface area contributed by atoms with Gasteiger partial charge in [-0.2, -0.15) is 0 Å². The van der Waals surface area contributed by atoms with Gasteiger partial charge in [0.2, 0.25) is 0 Å². The van der Waals surface area contributed by atoms with Gasteiger partial charge in [-0.3, -0.25) is 0 Å². The van der Waals surface area contributed by atoms with Crippen LogP contribution >= 0.6 is 0 Å². The Morgan fingerprint density at radius 1 is 1.25 bits per heavy atom. The summed E-state index contributed by atoms with van der Waals surface area (Å²) in [5.41, 5.74) is 0. The number of anilines is 2. The molecule has 0 bridgehead atoms. The third-order valence-corrected chi connectivity index (χ3v) is 3.39. The van der Waals surface area contributed by atoms with Crippen molar-refractivity contribution in [1.82, 2.24) is 9.88 Å². The van der Waals surface area contributed by atoms with E-state index in [2.05, 4.69) is 20.5 Å². The average Bonchev–Trinajstić information content (AvgIpc) is 2.88. The van der Waals surface area contributed by atoms with Crippen LogP contribution in [0.25, 0.3) is 0 Å². The van der Waals surface area contributed by atoms with Crippen molar-refractivity contribution < 1.29 is 8.78 Å². The smallest absolute Gasteiger partial charge is 0.168 e. The molecule has 4 nitrogen and oxygen atoms in total. The van der Waals surface area contributed by atoms with E-state index in [-0.39, 0.29) is 17.7 Å². The lowest BCUT2D eigenvalue weighted by atomic mass is 10.3. The molecule has 1 aliphatic heterocycles. The van der Waals surface area contributed by atoms with Crippen molar-refractivity contribution >= 4 is 11.6 Å². The SMILES string of the molecule is CCNc1nc(NC(C)CN2CCCC2)c(F)cc1F. The predicted molar refractivity (Wildman–Crippen MR) is 77.1 cm³/mol. The molecule has 6 heteroatoms. The van der Waals surface area contributed by atoms with Crippen molar-refractivity contribution in [3.05, 3.63) is 17.7 Å². The van der Waals surface area contributed by atoms with Crippen LogP contribution in [0.1, 0.15) is 26.7 Å². The van der Waals surface area contributed by atoms with Gasteiger partial charge in [-0.1, -0.05) is 0 Å². The maximum Gasteiger partial charge on any atom is 0.168 e. The van der Waals surface area contributed by atoms with Gasteiger partial charge in [0.15, 0.2) is 23.3 Å². The fraction of sp³-hybridized carbons (Fsp3) is 0.643. The van der Waals surface area contributed by atoms with Crippen LogP contribution in [0, 0.1) is 11.6 Å². The highest BCUT2D eigenvalue weighted by atomic mass is 19.1. The van der Waals surface area contributed by atoms with E-state index >= 15 is 0 Å². The van der Waals surface area contributed by atoms with Gasteiger partial charge in [-0.05, 0) is 39.8 Å². The second-order valence-corrected chi connectivity index (χ2v) is 5.23. The first-order chi connectivity index (χ1) is 9.60. The molecule has 0 aromatic carbocycles. The topological polar surface area (TPSA) is 40.2 Å². The van der Waals surface area contributed by atoms with Crippen LogP contribution in [-0.4, -0.2) is 42.1 Å². The molecule has 1 fully saturated rings. The minimum Gasteiger partial charge on any atom is -0.368 e. The standard InChI is InChI=1S/C14H22F2N4/c1-3-17-13-11(15)8-12(16)14(19-13)18-10(2)9-20-6-4-5-7-20/h8,10H,3-7,9H2,1-2H3,(H2,17,18,19). The van der Waals surface area contributed by atoms with E-state index in [4.69, 9.17) is 0 Å². The van der Waals surface area contributed by atoms with Gasteiger partial charge in [0.25, 0.3) is 0 Å². The molecule has 0 spiro atoms. The number of aromatic nitrogens is 1. The lowest BCUT2D eigenvalue weighted by Gasteiger charge is -2.22. The second kappa shape index (κ2) is 6.83. The Balaban J connectivity index is 2.01. The largest absolute Gasteiger partial charge is 0.368 e. The number of pyridine rings is 1. The van der Waals surface area contributed by atoms with Crippen molar-refractivity contribution in [2.75, 3.05) is 36.8 Å². The van der Waals surface area contributed by atoms with E-state index in [1.807, 2.05) is 13.8 Å². The number of nitrogens with one attached hydrogen (secondary N) is 2. The molecule has 1 aromatic rings. The number of hydrogen-bond donors (Lipinski definition) is 2. The molecule has 1 atom stereocenters. The summed E-state index contributed by atoms with van der Waals surface area (Å²) in [6.45, 7) is 7.39. The highest BCUT2D eigenvalue weighted by molar-refractivity contribution is 5.47. The predicted octanol–water partition coefficient (Wildman–Crippen LogP) is 2.69. The third kappa shape index (κ3) is 3.79. The molecule has 1 saturated heterocycles. The Morgan fingerprint density at radius 3 is 2.55 bits per heavy atom. The van der Waals surface area contributed by atoms with E-state index in [1.165, 1.54) is 12.8 Å².